The van der Waals surface area contributed by atoms with Crippen LogP contribution in [0.2, 0.25) is 0 Å². The van der Waals surface area contributed by atoms with Crippen molar-refractivity contribution in [2.75, 3.05) is 18.0 Å². The van der Waals surface area contributed by atoms with Crippen LogP contribution in [0, 0.1) is 5.92 Å². The molecule has 2 heteroatoms. The summed E-state index contributed by atoms with van der Waals surface area (Å²) in [5.74, 6) is 0.823. The molecular formula is C14H22N2. The highest BCUT2D eigenvalue weighted by atomic mass is 15.1. The van der Waals surface area contributed by atoms with Gasteiger partial charge in [0.1, 0.15) is 0 Å². The number of nitrogens with zero attached hydrogens (tertiary/aromatic N) is 1. The minimum Gasteiger partial charge on any atom is -0.371 e. The van der Waals surface area contributed by atoms with E-state index in [9.17, 15) is 0 Å². The van der Waals surface area contributed by atoms with E-state index in [1.807, 2.05) is 0 Å². The third-order valence-electron chi connectivity index (χ3n) is 3.30. The van der Waals surface area contributed by atoms with E-state index >= 15 is 0 Å². The lowest BCUT2D eigenvalue weighted by Gasteiger charge is -2.22. The molecule has 1 aliphatic heterocycles. The van der Waals surface area contributed by atoms with Crippen LogP contribution in [0.3, 0.4) is 0 Å². The standard InChI is InChI=1S/C14H22N2/c1-11-7-8-16(10-11)14-6-4-3-5-13(14)9-12(2)15/h3-6,11-12H,7-10,15H2,1-2H3. The number of hydrogen-bond acceptors (Lipinski definition) is 2. The van der Waals surface area contributed by atoms with Crippen molar-refractivity contribution in [1.29, 1.82) is 0 Å². The van der Waals surface area contributed by atoms with Crippen LogP contribution in [-0.2, 0) is 6.42 Å². The summed E-state index contributed by atoms with van der Waals surface area (Å²) in [6.45, 7) is 6.78. The molecule has 16 heavy (non-hydrogen) atoms. The van der Waals surface area contributed by atoms with E-state index in [0.29, 0.717) is 0 Å². The number of rotatable bonds is 3. The lowest BCUT2D eigenvalue weighted by molar-refractivity contribution is 0.659. The molecule has 1 heterocycles. The first-order valence-corrected chi connectivity index (χ1v) is 6.25. The van der Waals surface area contributed by atoms with E-state index in [4.69, 9.17) is 5.73 Å². The Labute approximate surface area is 98.4 Å². The van der Waals surface area contributed by atoms with Gasteiger partial charge in [-0.3, -0.25) is 0 Å². The van der Waals surface area contributed by atoms with Crippen LogP contribution in [0.5, 0.6) is 0 Å². The highest BCUT2D eigenvalue weighted by molar-refractivity contribution is 5.54. The van der Waals surface area contributed by atoms with Crippen molar-refractivity contribution in [2.45, 2.75) is 32.7 Å². The topological polar surface area (TPSA) is 29.3 Å². The second kappa shape index (κ2) is 4.88. The van der Waals surface area contributed by atoms with Gasteiger partial charge in [0.25, 0.3) is 0 Å². The Kier molecular flexibility index (Phi) is 3.49. The maximum atomic E-state index is 5.90. The molecule has 0 aliphatic carbocycles. The van der Waals surface area contributed by atoms with Gasteiger partial charge in [0.15, 0.2) is 0 Å². The molecule has 1 saturated heterocycles. The van der Waals surface area contributed by atoms with Crippen LogP contribution in [0.4, 0.5) is 5.69 Å². The van der Waals surface area contributed by atoms with Gasteiger partial charge in [0.2, 0.25) is 0 Å². The zero-order valence-electron chi connectivity index (χ0n) is 10.3. The van der Waals surface area contributed by atoms with E-state index in [2.05, 4.69) is 43.0 Å². The van der Waals surface area contributed by atoms with Crippen molar-refractivity contribution in [1.82, 2.24) is 0 Å². The lowest BCUT2D eigenvalue weighted by atomic mass is 10.0. The first kappa shape index (κ1) is 11.5. The SMILES string of the molecule is CC(N)Cc1ccccc1N1CCC(C)C1. The minimum absolute atomic E-state index is 0.237. The van der Waals surface area contributed by atoms with E-state index in [1.165, 1.54) is 30.8 Å². The van der Waals surface area contributed by atoms with Crippen molar-refractivity contribution in [3.63, 3.8) is 0 Å². The van der Waals surface area contributed by atoms with E-state index in [1.54, 1.807) is 0 Å². The number of para-hydroxylation sites is 1. The molecule has 0 saturated carbocycles. The van der Waals surface area contributed by atoms with Crippen molar-refractivity contribution in [3.8, 4) is 0 Å². The predicted molar refractivity (Wildman–Crippen MR) is 69.8 cm³/mol. The first-order chi connectivity index (χ1) is 7.66. The van der Waals surface area contributed by atoms with Crippen LogP contribution in [-0.4, -0.2) is 19.1 Å². The summed E-state index contributed by atoms with van der Waals surface area (Å²) in [5.41, 5.74) is 8.69. The molecule has 1 aromatic carbocycles. The van der Waals surface area contributed by atoms with Crippen LogP contribution in [0.15, 0.2) is 24.3 Å². The fourth-order valence-electron chi connectivity index (χ4n) is 2.49. The minimum atomic E-state index is 0.237. The summed E-state index contributed by atoms with van der Waals surface area (Å²) in [6.07, 6.45) is 2.29. The summed E-state index contributed by atoms with van der Waals surface area (Å²) >= 11 is 0. The van der Waals surface area contributed by atoms with Crippen LogP contribution < -0.4 is 10.6 Å². The van der Waals surface area contributed by atoms with Gasteiger partial charge in [-0.15, -0.1) is 0 Å². The fourth-order valence-corrected chi connectivity index (χ4v) is 2.49. The Morgan fingerprint density at radius 3 is 2.81 bits per heavy atom. The van der Waals surface area contributed by atoms with Crippen LogP contribution >= 0.6 is 0 Å². The summed E-state index contributed by atoms with van der Waals surface area (Å²) in [4.78, 5) is 2.50. The van der Waals surface area contributed by atoms with Crippen LogP contribution in [0.1, 0.15) is 25.8 Å². The van der Waals surface area contributed by atoms with E-state index in [-0.39, 0.29) is 6.04 Å². The third-order valence-corrected chi connectivity index (χ3v) is 3.30. The highest BCUT2D eigenvalue weighted by Crippen LogP contribution is 2.27. The normalized spacial score (nSPS) is 22.4. The molecule has 1 aromatic rings. The smallest absolute Gasteiger partial charge is 0.0399 e. The monoisotopic (exact) mass is 218 g/mol. The largest absolute Gasteiger partial charge is 0.371 e. The fraction of sp³-hybridized carbons (Fsp3) is 0.571. The number of hydrogen-bond donors (Lipinski definition) is 1. The van der Waals surface area contributed by atoms with E-state index < -0.39 is 0 Å². The molecule has 0 aromatic heterocycles. The van der Waals surface area contributed by atoms with Gasteiger partial charge < -0.3 is 10.6 Å². The molecule has 1 fully saturated rings. The van der Waals surface area contributed by atoms with Gasteiger partial charge in [-0.25, -0.2) is 0 Å². The Bertz CT molecular complexity index is 346. The maximum absolute atomic E-state index is 5.90. The summed E-state index contributed by atoms with van der Waals surface area (Å²) in [5, 5.41) is 0. The molecule has 0 radical (unpaired) electrons. The van der Waals surface area contributed by atoms with Gasteiger partial charge in [-0.1, -0.05) is 25.1 Å². The molecule has 2 unspecified atom stereocenters. The molecule has 0 bridgehead atoms. The lowest BCUT2D eigenvalue weighted by Crippen LogP contribution is -2.23. The molecule has 0 amide bonds. The average molecular weight is 218 g/mol. The molecule has 0 spiro atoms. The predicted octanol–water partition coefficient (Wildman–Crippen LogP) is 2.42. The second-order valence-electron chi connectivity index (χ2n) is 5.15. The first-order valence-electron chi connectivity index (χ1n) is 6.25. The molecule has 2 N–H and O–H groups in total. The van der Waals surface area contributed by atoms with Crippen LogP contribution in [0.25, 0.3) is 0 Å². The van der Waals surface area contributed by atoms with Gasteiger partial charge in [0, 0.05) is 24.8 Å². The Morgan fingerprint density at radius 1 is 1.44 bits per heavy atom. The Morgan fingerprint density at radius 2 is 2.19 bits per heavy atom. The highest BCUT2D eigenvalue weighted by Gasteiger charge is 2.20. The molecule has 2 nitrogen and oxygen atoms in total. The van der Waals surface area contributed by atoms with Gasteiger partial charge >= 0.3 is 0 Å². The van der Waals surface area contributed by atoms with Crippen molar-refractivity contribution < 1.29 is 0 Å². The summed E-state index contributed by atoms with van der Waals surface area (Å²) < 4.78 is 0. The van der Waals surface area contributed by atoms with Gasteiger partial charge in [-0.2, -0.15) is 0 Å². The summed E-state index contributed by atoms with van der Waals surface area (Å²) in [7, 11) is 0. The third kappa shape index (κ3) is 2.56. The molecular weight excluding hydrogens is 196 g/mol. The quantitative estimate of drug-likeness (QED) is 0.844. The molecule has 1 aliphatic rings. The van der Waals surface area contributed by atoms with Crippen molar-refractivity contribution in [3.05, 3.63) is 29.8 Å². The molecule has 88 valence electrons. The zero-order chi connectivity index (χ0) is 11.5. The second-order valence-corrected chi connectivity index (χ2v) is 5.15. The van der Waals surface area contributed by atoms with Crippen molar-refractivity contribution >= 4 is 5.69 Å². The zero-order valence-corrected chi connectivity index (χ0v) is 10.3. The van der Waals surface area contributed by atoms with Gasteiger partial charge in [0.05, 0.1) is 0 Å². The molecule has 2 rings (SSSR count). The maximum Gasteiger partial charge on any atom is 0.0399 e. The number of nitrogens with two attached hydrogens (primary N) is 1. The Balaban J connectivity index is 2.19. The van der Waals surface area contributed by atoms with Gasteiger partial charge in [-0.05, 0) is 37.3 Å². The average Bonchev–Trinajstić information content (AvgIpc) is 2.65. The van der Waals surface area contributed by atoms with Crippen molar-refractivity contribution in [2.24, 2.45) is 11.7 Å². The number of benzene rings is 1. The summed E-state index contributed by atoms with van der Waals surface area (Å²) in [6, 6.07) is 8.92. The van der Waals surface area contributed by atoms with E-state index in [0.717, 1.165) is 12.3 Å². The molecule has 2 atom stereocenters. The number of anilines is 1. The Hall–Kier alpha value is -1.02.